The van der Waals surface area contributed by atoms with Gasteiger partial charge in [-0.05, 0) is 50.1 Å². The van der Waals surface area contributed by atoms with Crippen molar-refractivity contribution < 1.29 is 14.2 Å². The van der Waals surface area contributed by atoms with E-state index in [9.17, 15) is 9.50 Å². The van der Waals surface area contributed by atoms with Crippen LogP contribution in [-0.4, -0.2) is 39.0 Å². The molecule has 0 radical (unpaired) electrons. The molecule has 0 fully saturated rings. The number of aromatic nitrogens is 2. The number of benzene rings is 2. The van der Waals surface area contributed by atoms with Crippen LogP contribution in [0.25, 0.3) is 11.3 Å². The van der Waals surface area contributed by atoms with Gasteiger partial charge in [-0.15, -0.1) is 6.58 Å². The van der Waals surface area contributed by atoms with Crippen molar-refractivity contribution in [3.05, 3.63) is 78.6 Å². The largest absolute Gasteiger partial charge is 0.439 e. The summed E-state index contributed by atoms with van der Waals surface area (Å²) >= 11 is 0. The number of hydrogen-bond donors (Lipinski definition) is 1. The number of aryl methyl sites for hydroxylation is 1. The van der Waals surface area contributed by atoms with Crippen LogP contribution in [0.5, 0.6) is 11.6 Å². The monoisotopic (exact) mass is 437 g/mol. The number of hydrogen-bond acceptors (Lipinski definition) is 4. The summed E-state index contributed by atoms with van der Waals surface area (Å²) < 4.78 is 21.3. The van der Waals surface area contributed by atoms with E-state index in [1.165, 1.54) is 12.1 Å². The smallest absolute Gasteiger partial charge is 0.222 e. The van der Waals surface area contributed by atoms with Crippen molar-refractivity contribution in [2.75, 3.05) is 13.1 Å². The third-order valence-electron chi connectivity index (χ3n) is 5.26. The molecule has 0 aliphatic heterocycles. The van der Waals surface area contributed by atoms with Crippen LogP contribution in [0.2, 0.25) is 0 Å². The molecule has 0 spiro atoms. The molecule has 0 saturated carbocycles. The van der Waals surface area contributed by atoms with Crippen LogP contribution in [0.4, 0.5) is 4.39 Å². The maximum atomic E-state index is 13.4. The second kappa shape index (κ2) is 11.6. The van der Waals surface area contributed by atoms with Crippen molar-refractivity contribution in [2.24, 2.45) is 7.05 Å². The van der Waals surface area contributed by atoms with Gasteiger partial charge in [0.2, 0.25) is 5.88 Å². The Hall–Kier alpha value is -2.96. The van der Waals surface area contributed by atoms with Crippen molar-refractivity contribution in [1.82, 2.24) is 14.7 Å². The number of aliphatic hydroxyl groups is 1. The first kappa shape index (κ1) is 23.7. The zero-order valence-corrected chi connectivity index (χ0v) is 18.9. The Balaban J connectivity index is 1.95. The molecule has 0 aliphatic rings. The molecule has 0 bridgehead atoms. The second-order valence-corrected chi connectivity index (χ2v) is 7.93. The van der Waals surface area contributed by atoms with Gasteiger partial charge in [-0.3, -0.25) is 4.90 Å². The lowest BCUT2D eigenvalue weighted by Crippen LogP contribution is -2.33. The van der Waals surface area contributed by atoms with E-state index in [1.54, 1.807) is 16.8 Å². The van der Waals surface area contributed by atoms with Crippen LogP contribution >= 0.6 is 0 Å². The summed E-state index contributed by atoms with van der Waals surface area (Å²) in [6.07, 6.45) is 3.82. The normalized spacial score (nSPS) is 12.2. The first-order chi connectivity index (χ1) is 15.5. The van der Waals surface area contributed by atoms with Gasteiger partial charge in [-0.2, -0.15) is 5.10 Å². The van der Waals surface area contributed by atoms with Crippen molar-refractivity contribution in [1.29, 1.82) is 0 Å². The van der Waals surface area contributed by atoms with E-state index >= 15 is 0 Å². The summed E-state index contributed by atoms with van der Waals surface area (Å²) in [5, 5.41) is 15.3. The van der Waals surface area contributed by atoms with Crippen LogP contribution in [0.15, 0.2) is 67.3 Å². The molecule has 0 amide bonds. The van der Waals surface area contributed by atoms with Gasteiger partial charge >= 0.3 is 0 Å². The summed E-state index contributed by atoms with van der Waals surface area (Å²) in [5.41, 5.74) is 2.77. The molecule has 5 nitrogen and oxygen atoms in total. The van der Waals surface area contributed by atoms with Crippen LogP contribution in [0.1, 0.15) is 31.7 Å². The Morgan fingerprint density at radius 1 is 1.19 bits per heavy atom. The summed E-state index contributed by atoms with van der Waals surface area (Å²) in [7, 11) is 1.85. The molecule has 32 heavy (non-hydrogen) atoms. The average Bonchev–Trinajstić information content (AvgIpc) is 3.09. The van der Waals surface area contributed by atoms with E-state index in [0.29, 0.717) is 31.1 Å². The molecular formula is C26H32FN3O2. The second-order valence-electron chi connectivity index (χ2n) is 7.93. The summed E-state index contributed by atoms with van der Waals surface area (Å²) in [5.74, 6) is 0.843. The molecule has 1 unspecified atom stereocenters. The van der Waals surface area contributed by atoms with Crippen LogP contribution < -0.4 is 4.74 Å². The fourth-order valence-electron chi connectivity index (χ4n) is 3.74. The van der Waals surface area contributed by atoms with Gasteiger partial charge in [0.1, 0.15) is 17.3 Å². The van der Waals surface area contributed by atoms with E-state index in [0.717, 1.165) is 36.2 Å². The Kier molecular flexibility index (Phi) is 8.59. The molecule has 0 saturated heterocycles. The fourth-order valence-corrected chi connectivity index (χ4v) is 3.74. The summed E-state index contributed by atoms with van der Waals surface area (Å²) in [4.78, 5) is 2.23. The van der Waals surface area contributed by atoms with Gasteiger partial charge in [-0.1, -0.05) is 43.3 Å². The number of nitrogens with zero attached hydrogens (tertiary/aromatic N) is 3. The molecule has 1 heterocycles. The first-order valence-corrected chi connectivity index (χ1v) is 11.1. The minimum atomic E-state index is -0.433. The highest BCUT2D eigenvalue weighted by Gasteiger charge is 2.23. The third-order valence-corrected chi connectivity index (χ3v) is 5.26. The number of aliphatic hydroxyl groups excluding tert-OH is 1. The molecule has 1 N–H and O–H groups in total. The van der Waals surface area contributed by atoms with E-state index in [1.807, 2.05) is 43.5 Å². The standard InChI is InChI=1S/C26H32FN3O2/c1-4-6-12-22(31)18-30(17-5-2)19-24-25(20-10-8-7-9-11-20)28-29(3)26(24)32-23-15-13-21(27)14-16-23/h4,7-11,13-16,22,31H,1,5-6,12,17-19H2,2-3H3. The maximum Gasteiger partial charge on any atom is 0.222 e. The third kappa shape index (κ3) is 6.28. The molecule has 6 heteroatoms. The van der Waals surface area contributed by atoms with Crippen molar-refractivity contribution in [2.45, 2.75) is 38.8 Å². The Morgan fingerprint density at radius 3 is 2.56 bits per heavy atom. The predicted molar refractivity (Wildman–Crippen MR) is 126 cm³/mol. The molecule has 0 aliphatic carbocycles. The summed E-state index contributed by atoms with van der Waals surface area (Å²) in [6.45, 7) is 7.84. The van der Waals surface area contributed by atoms with Crippen molar-refractivity contribution >= 4 is 0 Å². The van der Waals surface area contributed by atoms with Gasteiger partial charge in [0.05, 0.1) is 11.7 Å². The van der Waals surface area contributed by atoms with E-state index in [2.05, 4.69) is 18.4 Å². The van der Waals surface area contributed by atoms with Gasteiger partial charge < -0.3 is 9.84 Å². The number of ether oxygens (including phenoxy) is 1. The van der Waals surface area contributed by atoms with Gasteiger partial charge in [0, 0.05) is 25.7 Å². The zero-order chi connectivity index (χ0) is 22.9. The maximum absolute atomic E-state index is 13.4. The lowest BCUT2D eigenvalue weighted by molar-refractivity contribution is 0.102. The molecule has 1 aromatic heterocycles. The SMILES string of the molecule is C=CCCC(O)CN(CCC)Cc1c(-c2ccccc2)nn(C)c1Oc1ccc(F)cc1. The quantitative estimate of drug-likeness (QED) is 0.377. The lowest BCUT2D eigenvalue weighted by Gasteiger charge is -2.25. The highest BCUT2D eigenvalue weighted by molar-refractivity contribution is 5.65. The van der Waals surface area contributed by atoms with Gasteiger partial charge in [0.15, 0.2) is 0 Å². The molecule has 1 atom stereocenters. The van der Waals surface area contributed by atoms with E-state index in [-0.39, 0.29) is 5.82 Å². The molecule has 3 rings (SSSR count). The van der Waals surface area contributed by atoms with Gasteiger partial charge in [0.25, 0.3) is 0 Å². The highest BCUT2D eigenvalue weighted by atomic mass is 19.1. The predicted octanol–water partition coefficient (Wildman–Crippen LogP) is 5.56. The van der Waals surface area contributed by atoms with Crippen LogP contribution in [-0.2, 0) is 13.6 Å². The zero-order valence-electron chi connectivity index (χ0n) is 18.9. The molecule has 170 valence electrons. The van der Waals surface area contributed by atoms with E-state index in [4.69, 9.17) is 9.84 Å². The Labute approximate surface area is 189 Å². The van der Waals surface area contributed by atoms with Crippen molar-refractivity contribution in [3.63, 3.8) is 0 Å². The number of halogens is 1. The fraction of sp³-hybridized carbons (Fsp3) is 0.346. The van der Waals surface area contributed by atoms with Gasteiger partial charge in [-0.25, -0.2) is 9.07 Å². The van der Waals surface area contributed by atoms with Crippen LogP contribution in [0.3, 0.4) is 0 Å². The van der Waals surface area contributed by atoms with E-state index < -0.39 is 6.10 Å². The highest BCUT2D eigenvalue weighted by Crippen LogP contribution is 2.34. The minimum Gasteiger partial charge on any atom is -0.439 e. The topological polar surface area (TPSA) is 50.5 Å². The summed E-state index contributed by atoms with van der Waals surface area (Å²) in [6, 6.07) is 16.0. The Morgan fingerprint density at radius 2 is 1.91 bits per heavy atom. The number of rotatable bonds is 12. The Bertz CT molecular complexity index is 986. The van der Waals surface area contributed by atoms with Crippen LogP contribution in [0, 0.1) is 5.82 Å². The van der Waals surface area contributed by atoms with Crippen molar-refractivity contribution in [3.8, 4) is 22.9 Å². The average molecular weight is 438 g/mol. The first-order valence-electron chi connectivity index (χ1n) is 11.1. The molecular weight excluding hydrogens is 405 g/mol. The lowest BCUT2D eigenvalue weighted by atomic mass is 10.1. The molecule has 2 aromatic carbocycles. The molecule has 3 aromatic rings. The minimum absolute atomic E-state index is 0.310. The number of allylic oxidation sites excluding steroid dienone is 1.